The fourth-order valence-electron chi connectivity index (χ4n) is 2.91. The first-order valence-electron chi connectivity index (χ1n) is 10.2. The summed E-state index contributed by atoms with van der Waals surface area (Å²) in [6, 6.07) is 21.8. The van der Waals surface area contributed by atoms with Crippen molar-refractivity contribution in [2.24, 2.45) is 0 Å². The smallest absolute Gasteiger partial charge is 0.266 e. The Balaban J connectivity index is 1.69. The lowest BCUT2D eigenvalue weighted by molar-refractivity contribution is -0.112. The summed E-state index contributed by atoms with van der Waals surface area (Å²) in [6.45, 7) is 4.16. The third-order valence-electron chi connectivity index (χ3n) is 4.46. The van der Waals surface area contributed by atoms with E-state index >= 15 is 0 Å². The number of anilines is 1. The highest BCUT2D eigenvalue weighted by Crippen LogP contribution is 2.27. The van der Waals surface area contributed by atoms with Gasteiger partial charge >= 0.3 is 0 Å². The van der Waals surface area contributed by atoms with Gasteiger partial charge in [-0.2, -0.15) is 5.26 Å². The highest BCUT2D eigenvalue weighted by atomic mass is 79.9. The molecule has 0 spiro atoms. The van der Waals surface area contributed by atoms with Gasteiger partial charge in [0.05, 0.1) is 6.10 Å². The van der Waals surface area contributed by atoms with E-state index in [0.29, 0.717) is 34.4 Å². The second-order valence-electron chi connectivity index (χ2n) is 7.38. The third kappa shape index (κ3) is 7.11. The van der Waals surface area contributed by atoms with Gasteiger partial charge < -0.3 is 14.8 Å². The molecule has 0 fully saturated rings. The Bertz CT molecular complexity index is 1200. The minimum Gasteiger partial charge on any atom is -0.490 e. The van der Waals surface area contributed by atoms with E-state index in [1.165, 1.54) is 6.08 Å². The Morgan fingerprint density at radius 1 is 1.15 bits per heavy atom. The van der Waals surface area contributed by atoms with Crippen LogP contribution in [0.3, 0.4) is 0 Å². The summed E-state index contributed by atoms with van der Waals surface area (Å²) in [4.78, 5) is 12.7. The van der Waals surface area contributed by atoms with E-state index in [9.17, 15) is 10.1 Å². The molecule has 3 aromatic carbocycles. The van der Waals surface area contributed by atoms with Crippen LogP contribution in [0.5, 0.6) is 11.5 Å². The average Bonchev–Trinajstić information content (AvgIpc) is 2.79. The summed E-state index contributed by atoms with van der Waals surface area (Å²) in [6.07, 6.45) is 1.47. The van der Waals surface area contributed by atoms with Crippen molar-refractivity contribution in [1.82, 2.24) is 0 Å². The largest absolute Gasteiger partial charge is 0.490 e. The molecule has 0 saturated carbocycles. The molecule has 0 atom stereocenters. The average molecular weight is 526 g/mol. The summed E-state index contributed by atoms with van der Waals surface area (Å²) in [5, 5.41) is 12.9. The molecule has 0 aliphatic heterocycles. The number of halogens is 2. The number of amides is 1. The fraction of sp³-hybridized carbons (Fsp3) is 0.154. The molecule has 0 heterocycles. The molecule has 0 unspecified atom stereocenters. The molecule has 33 heavy (non-hydrogen) atoms. The zero-order valence-corrected chi connectivity index (χ0v) is 20.5. The molecule has 168 valence electrons. The van der Waals surface area contributed by atoms with Gasteiger partial charge in [0.25, 0.3) is 5.91 Å². The number of ether oxygens (including phenoxy) is 2. The van der Waals surface area contributed by atoms with Crippen LogP contribution in [0.4, 0.5) is 5.69 Å². The highest BCUT2D eigenvalue weighted by molar-refractivity contribution is 9.10. The van der Waals surface area contributed by atoms with Crippen molar-refractivity contribution in [3.8, 4) is 17.6 Å². The topological polar surface area (TPSA) is 71.3 Å². The van der Waals surface area contributed by atoms with Crippen molar-refractivity contribution in [3.05, 3.63) is 92.9 Å². The summed E-state index contributed by atoms with van der Waals surface area (Å²) in [5.41, 5.74) is 2.02. The van der Waals surface area contributed by atoms with Crippen molar-refractivity contribution < 1.29 is 14.3 Å². The maximum atomic E-state index is 12.7. The quantitative estimate of drug-likeness (QED) is 0.253. The zero-order valence-electron chi connectivity index (χ0n) is 18.1. The number of rotatable bonds is 8. The lowest BCUT2D eigenvalue weighted by atomic mass is 10.1. The van der Waals surface area contributed by atoms with Gasteiger partial charge in [0, 0.05) is 26.3 Å². The SMILES string of the molecule is CC(C)Oc1ccc(Br)cc1/C=C(\C#N)C(=O)Nc1ccc(OCc2ccccc2Cl)cc1. The van der Waals surface area contributed by atoms with Gasteiger partial charge in [-0.25, -0.2) is 0 Å². The molecule has 0 aliphatic rings. The summed E-state index contributed by atoms with van der Waals surface area (Å²) < 4.78 is 12.4. The lowest BCUT2D eigenvalue weighted by Gasteiger charge is -2.13. The van der Waals surface area contributed by atoms with Crippen molar-refractivity contribution in [3.63, 3.8) is 0 Å². The number of hydrogen-bond donors (Lipinski definition) is 1. The van der Waals surface area contributed by atoms with E-state index in [1.54, 1.807) is 36.4 Å². The van der Waals surface area contributed by atoms with Gasteiger partial charge in [0.15, 0.2) is 0 Å². The highest BCUT2D eigenvalue weighted by Gasteiger charge is 2.13. The van der Waals surface area contributed by atoms with Gasteiger partial charge in [-0.3, -0.25) is 4.79 Å². The molecule has 5 nitrogen and oxygen atoms in total. The summed E-state index contributed by atoms with van der Waals surface area (Å²) in [5.74, 6) is 0.708. The number of nitriles is 1. The molecule has 0 aromatic heterocycles. The normalized spacial score (nSPS) is 11.1. The minimum atomic E-state index is -0.516. The van der Waals surface area contributed by atoms with Crippen LogP contribution in [0.25, 0.3) is 6.08 Å². The van der Waals surface area contributed by atoms with Gasteiger partial charge in [0.1, 0.15) is 29.7 Å². The van der Waals surface area contributed by atoms with Crippen molar-refractivity contribution >= 4 is 45.2 Å². The number of carbonyl (C=O) groups excluding carboxylic acids is 1. The van der Waals surface area contributed by atoms with Crippen LogP contribution in [-0.4, -0.2) is 12.0 Å². The second-order valence-corrected chi connectivity index (χ2v) is 8.70. The predicted molar refractivity (Wildman–Crippen MR) is 134 cm³/mol. The molecule has 0 bridgehead atoms. The maximum absolute atomic E-state index is 12.7. The Labute approximate surface area is 206 Å². The van der Waals surface area contributed by atoms with Crippen molar-refractivity contribution in [2.75, 3.05) is 5.32 Å². The third-order valence-corrected chi connectivity index (χ3v) is 5.33. The van der Waals surface area contributed by atoms with Crippen LogP contribution >= 0.6 is 27.5 Å². The monoisotopic (exact) mass is 524 g/mol. The molecule has 0 aliphatic carbocycles. The van der Waals surface area contributed by atoms with E-state index in [1.807, 2.05) is 50.2 Å². The van der Waals surface area contributed by atoms with E-state index < -0.39 is 5.91 Å². The number of nitrogens with zero attached hydrogens (tertiary/aromatic N) is 1. The molecule has 7 heteroatoms. The van der Waals surface area contributed by atoms with E-state index in [-0.39, 0.29) is 11.7 Å². The van der Waals surface area contributed by atoms with Gasteiger partial charge in [-0.15, -0.1) is 0 Å². The Hall–Kier alpha value is -3.27. The minimum absolute atomic E-state index is 0.0410. The summed E-state index contributed by atoms with van der Waals surface area (Å²) in [7, 11) is 0. The van der Waals surface area contributed by atoms with Crippen LogP contribution < -0.4 is 14.8 Å². The van der Waals surface area contributed by atoms with Gasteiger partial charge in [-0.05, 0) is 68.5 Å². The second kappa shape index (κ2) is 11.6. The molecule has 3 aromatic rings. The standard InChI is InChI=1S/C26H22BrClN2O3/c1-17(2)33-25-12-7-21(27)14-19(25)13-20(15-29)26(31)30-22-8-10-23(11-9-22)32-16-18-5-3-4-6-24(18)28/h3-14,17H,16H2,1-2H3,(H,30,31)/b20-13+. The van der Waals surface area contributed by atoms with Gasteiger partial charge in [-0.1, -0.05) is 45.7 Å². The van der Waals surface area contributed by atoms with E-state index in [0.717, 1.165) is 10.0 Å². The van der Waals surface area contributed by atoms with Gasteiger partial charge in [0.2, 0.25) is 0 Å². The molecule has 3 rings (SSSR count). The Kier molecular flexibility index (Phi) is 8.53. The van der Waals surface area contributed by atoms with Crippen LogP contribution in [0.2, 0.25) is 5.02 Å². The maximum Gasteiger partial charge on any atom is 0.266 e. The van der Waals surface area contributed by atoms with Crippen LogP contribution in [-0.2, 0) is 11.4 Å². The predicted octanol–water partition coefficient (Wildman–Crippen LogP) is 7.01. The fourth-order valence-corrected chi connectivity index (χ4v) is 3.48. The van der Waals surface area contributed by atoms with Crippen LogP contribution in [0.1, 0.15) is 25.0 Å². The molecular weight excluding hydrogens is 504 g/mol. The lowest BCUT2D eigenvalue weighted by Crippen LogP contribution is -2.13. The molecular formula is C26H22BrClN2O3. The first-order valence-corrected chi connectivity index (χ1v) is 11.4. The first-order chi connectivity index (χ1) is 15.9. The Morgan fingerprint density at radius 2 is 1.88 bits per heavy atom. The molecule has 1 N–H and O–H groups in total. The first kappa shape index (κ1) is 24.4. The Morgan fingerprint density at radius 3 is 2.55 bits per heavy atom. The van der Waals surface area contributed by atoms with Crippen LogP contribution in [0, 0.1) is 11.3 Å². The number of nitrogens with one attached hydrogen (secondary N) is 1. The molecule has 0 saturated heterocycles. The number of hydrogen-bond acceptors (Lipinski definition) is 4. The van der Waals surface area contributed by atoms with Crippen molar-refractivity contribution in [1.29, 1.82) is 5.26 Å². The van der Waals surface area contributed by atoms with Crippen molar-refractivity contribution in [2.45, 2.75) is 26.6 Å². The summed E-state index contributed by atoms with van der Waals surface area (Å²) >= 11 is 9.56. The molecule has 0 radical (unpaired) electrons. The van der Waals surface area contributed by atoms with Crippen LogP contribution in [0.15, 0.2) is 76.8 Å². The zero-order chi connectivity index (χ0) is 23.8. The molecule has 1 amide bonds. The van der Waals surface area contributed by atoms with E-state index in [2.05, 4.69) is 21.2 Å². The number of carbonyl (C=O) groups is 1. The van der Waals surface area contributed by atoms with E-state index in [4.69, 9.17) is 21.1 Å². The number of benzene rings is 3.